The first-order valence-electron chi connectivity index (χ1n) is 9.27. The Morgan fingerprint density at radius 2 is 1.79 bits per heavy atom. The number of methoxy groups -OCH3 is 2. The van der Waals surface area contributed by atoms with Crippen molar-refractivity contribution < 1.29 is 19.1 Å². The van der Waals surface area contributed by atoms with Crippen molar-refractivity contribution in [1.82, 2.24) is 15.6 Å². The molecule has 148 valence electrons. The predicted molar refractivity (Wildman–Crippen MR) is 104 cm³/mol. The minimum atomic E-state index is -0.238. The highest BCUT2D eigenvalue weighted by molar-refractivity contribution is 5.92. The van der Waals surface area contributed by atoms with Crippen molar-refractivity contribution in [3.05, 3.63) is 53.9 Å². The zero-order valence-corrected chi connectivity index (χ0v) is 16.1. The second-order valence-electron chi connectivity index (χ2n) is 6.76. The normalized spacial score (nSPS) is 17.5. The van der Waals surface area contributed by atoms with E-state index >= 15 is 0 Å². The molecular weight excluding hydrogens is 358 g/mol. The van der Waals surface area contributed by atoms with Crippen molar-refractivity contribution in [1.29, 1.82) is 0 Å². The van der Waals surface area contributed by atoms with Crippen LogP contribution >= 0.6 is 0 Å². The quantitative estimate of drug-likeness (QED) is 0.688. The molecule has 2 N–H and O–H groups in total. The van der Waals surface area contributed by atoms with Gasteiger partial charge < -0.3 is 20.1 Å². The van der Waals surface area contributed by atoms with Crippen LogP contribution in [-0.4, -0.2) is 37.6 Å². The molecule has 0 bridgehead atoms. The third-order valence-electron chi connectivity index (χ3n) is 4.81. The van der Waals surface area contributed by atoms with E-state index in [0.29, 0.717) is 37.4 Å². The van der Waals surface area contributed by atoms with E-state index in [9.17, 15) is 9.59 Å². The number of hydrogen-bond acceptors (Lipinski definition) is 5. The van der Waals surface area contributed by atoms with E-state index in [0.717, 1.165) is 11.1 Å². The van der Waals surface area contributed by atoms with Crippen molar-refractivity contribution >= 4 is 11.8 Å². The standard InChI is InChI=1S/C21H25N3O4/c1-27-18-6-5-14(10-19(18)28-2)7-9-23-20(25)16-11-17(16)21(26)24-13-15-4-3-8-22-12-15/h3-6,8,10,12,16-17H,7,9,11,13H2,1-2H3,(H,23,25)(H,24,26). The summed E-state index contributed by atoms with van der Waals surface area (Å²) in [6.07, 6.45) is 4.68. The van der Waals surface area contributed by atoms with Crippen molar-refractivity contribution in [3.8, 4) is 11.5 Å². The number of carbonyl (C=O) groups is 2. The second kappa shape index (κ2) is 9.21. The van der Waals surface area contributed by atoms with Gasteiger partial charge in [0.2, 0.25) is 11.8 Å². The molecule has 2 unspecified atom stereocenters. The molecule has 1 saturated carbocycles. The molecule has 1 aliphatic carbocycles. The van der Waals surface area contributed by atoms with Gasteiger partial charge in [-0.3, -0.25) is 14.6 Å². The smallest absolute Gasteiger partial charge is 0.224 e. The zero-order valence-electron chi connectivity index (χ0n) is 16.1. The third kappa shape index (κ3) is 5.00. The highest BCUT2D eigenvalue weighted by Gasteiger charge is 2.47. The monoisotopic (exact) mass is 383 g/mol. The summed E-state index contributed by atoms with van der Waals surface area (Å²) in [6.45, 7) is 0.936. The summed E-state index contributed by atoms with van der Waals surface area (Å²) in [4.78, 5) is 28.5. The molecule has 28 heavy (non-hydrogen) atoms. The van der Waals surface area contributed by atoms with Gasteiger partial charge in [0.05, 0.1) is 26.1 Å². The van der Waals surface area contributed by atoms with Crippen LogP contribution < -0.4 is 20.1 Å². The zero-order chi connectivity index (χ0) is 19.9. The molecule has 7 heteroatoms. The number of nitrogens with zero attached hydrogens (tertiary/aromatic N) is 1. The van der Waals surface area contributed by atoms with Gasteiger partial charge in [0.15, 0.2) is 11.5 Å². The lowest BCUT2D eigenvalue weighted by Gasteiger charge is -2.10. The Kier molecular flexibility index (Phi) is 6.47. The molecule has 2 atom stereocenters. The van der Waals surface area contributed by atoms with E-state index in [-0.39, 0.29) is 23.7 Å². The van der Waals surface area contributed by atoms with Gasteiger partial charge >= 0.3 is 0 Å². The van der Waals surface area contributed by atoms with Crippen LogP contribution in [0, 0.1) is 11.8 Å². The molecule has 0 saturated heterocycles. The van der Waals surface area contributed by atoms with Crippen molar-refractivity contribution in [2.75, 3.05) is 20.8 Å². The maximum Gasteiger partial charge on any atom is 0.224 e. The maximum absolute atomic E-state index is 12.3. The first-order valence-corrected chi connectivity index (χ1v) is 9.27. The molecule has 0 aliphatic heterocycles. The summed E-state index contributed by atoms with van der Waals surface area (Å²) >= 11 is 0. The Hall–Kier alpha value is -3.09. The number of ether oxygens (including phenoxy) is 2. The number of carbonyl (C=O) groups excluding carboxylic acids is 2. The molecule has 1 aromatic carbocycles. The van der Waals surface area contributed by atoms with Crippen LogP contribution in [0.3, 0.4) is 0 Å². The first kappa shape index (κ1) is 19.7. The summed E-state index contributed by atoms with van der Waals surface area (Å²) in [6, 6.07) is 9.42. The highest BCUT2D eigenvalue weighted by Crippen LogP contribution is 2.38. The Morgan fingerprint density at radius 1 is 1.04 bits per heavy atom. The molecule has 2 aromatic rings. The van der Waals surface area contributed by atoms with Gasteiger partial charge in [-0.1, -0.05) is 12.1 Å². The van der Waals surface area contributed by atoms with Crippen LogP contribution in [0.25, 0.3) is 0 Å². The number of amides is 2. The van der Waals surface area contributed by atoms with Gasteiger partial charge in [-0.05, 0) is 42.2 Å². The minimum Gasteiger partial charge on any atom is -0.493 e. The number of hydrogen-bond donors (Lipinski definition) is 2. The lowest BCUT2D eigenvalue weighted by atomic mass is 10.1. The lowest BCUT2D eigenvalue weighted by molar-refractivity contribution is -0.127. The van der Waals surface area contributed by atoms with E-state index < -0.39 is 0 Å². The fraction of sp³-hybridized carbons (Fsp3) is 0.381. The average Bonchev–Trinajstić information content (AvgIpc) is 3.53. The second-order valence-corrected chi connectivity index (χ2v) is 6.76. The molecule has 1 fully saturated rings. The van der Waals surface area contributed by atoms with Crippen LogP contribution in [0.4, 0.5) is 0 Å². The Labute approximate surface area is 164 Å². The summed E-state index contributed by atoms with van der Waals surface area (Å²) < 4.78 is 10.5. The van der Waals surface area contributed by atoms with E-state index in [1.54, 1.807) is 26.6 Å². The fourth-order valence-electron chi connectivity index (χ4n) is 3.09. The lowest BCUT2D eigenvalue weighted by Crippen LogP contribution is -2.31. The van der Waals surface area contributed by atoms with Crippen LogP contribution in [0.5, 0.6) is 11.5 Å². The number of nitrogens with one attached hydrogen (secondary N) is 2. The Morgan fingerprint density at radius 3 is 2.46 bits per heavy atom. The fourth-order valence-corrected chi connectivity index (χ4v) is 3.09. The topological polar surface area (TPSA) is 89.5 Å². The van der Waals surface area contributed by atoms with Gasteiger partial charge in [0.25, 0.3) is 0 Å². The number of rotatable bonds is 9. The molecule has 3 rings (SSSR count). The molecule has 2 amide bonds. The number of benzene rings is 1. The number of aromatic nitrogens is 1. The highest BCUT2D eigenvalue weighted by atomic mass is 16.5. The van der Waals surface area contributed by atoms with Crippen LogP contribution in [-0.2, 0) is 22.6 Å². The molecule has 0 radical (unpaired) electrons. The molecular formula is C21H25N3O4. The summed E-state index contributed by atoms with van der Waals surface area (Å²) in [7, 11) is 3.19. The molecule has 1 aromatic heterocycles. The van der Waals surface area contributed by atoms with E-state index in [1.807, 2.05) is 30.3 Å². The van der Waals surface area contributed by atoms with E-state index in [2.05, 4.69) is 15.6 Å². The van der Waals surface area contributed by atoms with E-state index in [4.69, 9.17) is 9.47 Å². The molecule has 7 nitrogen and oxygen atoms in total. The van der Waals surface area contributed by atoms with Crippen LogP contribution in [0.15, 0.2) is 42.7 Å². The van der Waals surface area contributed by atoms with Crippen LogP contribution in [0.1, 0.15) is 17.5 Å². The van der Waals surface area contributed by atoms with E-state index in [1.165, 1.54) is 0 Å². The van der Waals surface area contributed by atoms with Crippen molar-refractivity contribution in [2.24, 2.45) is 11.8 Å². The summed E-state index contributed by atoms with van der Waals surface area (Å²) in [5, 5.41) is 5.78. The van der Waals surface area contributed by atoms with Gasteiger partial charge in [0.1, 0.15) is 0 Å². The molecule has 0 spiro atoms. The third-order valence-corrected chi connectivity index (χ3v) is 4.81. The average molecular weight is 383 g/mol. The largest absolute Gasteiger partial charge is 0.493 e. The number of pyridine rings is 1. The SMILES string of the molecule is COc1ccc(CCNC(=O)C2CC2C(=O)NCc2cccnc2)cc1OC. The Bertz CT molecular complexity index is 826. The van der Waals surface area contributed by atoms with Gasteiger partial charge in [0, 0.05) is 25.5 Å². The maximum atomic E-state index is 12.3. The minimum absolute atomic E-state index is 0.0676. The van der Waals surface area contributed by atoms with Crippen molar-refractivity contribution in [3.63, 3.8) is 0 Å². The van der Waals surface area contributed by atoms with Gasteiger partial charge in [-0.25, -0.2) is 0 Å². The summed E-state index contributed by atoms with van der Waals surface area (Å²) in [5.41, 5.74) is 1.98. The first-order chi connectivity index (χ1) is 13.6. The molecule has 1 heterocycles. The van der Waals surface area contributed by atoms with Gasteiger partial charge in [-0.2, -0.15) is 0 Å². The van der Waals surface area contributed by atoms with Crippen molar-refractivity contribution in [2.45, 2.75) is 19.4 Å². The van der Waals surface area contributed by atoms with Crippen LogP contribution in [0.2, 0.25) is 0 Å². The predicted octanol–water partition coefficient (Wildman–Crippen LogP) is 1.71. The van der Waals surface area contributed by atoms with Gasteiger partial charge in [-0.15, -0.1) is 0 Å². The Balaban J connectivity index is 1.39. The summed E-state index contributed by atoms with van der Waals surface area (Å²) in [5.74, 6) is 0.718. The molecule has 1 aliphatic rings.